The van der Waals surface area contributed by atoms with Gasteiger partial charge in [0.25, 0.3) is 0 Å². The molecule has 1 saturated heterocycles. The van der Waals surface area contributed by atoms with Crippen LogP contribution in [0.15, 0.2) is 12.2 Å². The van der Waals surface area contributed by atoms with Gasteiger partial charge in [-0.3, -0.25) is 0 Å². The fraction of sp³-hybridized carbons (Fsp3) is 0.900. The SMILES string of the molecule is CC[C@@H]1CSC(C)C[C@@H]1CC.CC[C@H]1C=CC(C)O[C@H]1CC. The van der Waals surface area contributed by atoms with Crippen molar-refractivity contribution in [3.8, 4) is 0 Å². The van der Waals surface area contributed by atoms with E-state index in [4.69, 9.17) is 4.74 Å². The molecule has 0 bridgehead atoms. The second-order valence-electron chi connectivity index (χ2n) is 6.96. The minimum Gasteiger partial charge on any atom is -0.371 e. The second-order valence-corrected chi connectivity index (χ2v) is 8.43. The third-order valence-corrected chi connectivity index (χ3v) is 6.70. The first-order valence-electron chi connectivity index (χ1n) is 9.50. The van der Waals surface area contributed by atoms with Gasteiger partial charge >= 0.3 is 0 Å². The summed E-state index contributed by atoms with van der Waals surface area (Å²) in [6, 6.07) is 0. The largest absolute Gasteiger partial charge is 0.371 e. The maximum Gasteiger partial charge on any atom is 0.0731 e. The highest BCUT2D eigenvalue weighted by atomic mass is 32.2. The number of rotatable bonds is 4. The molecule has 2 rings (SSSR count). The molecule has 2 heterocycles. The van der Waals surface area contributed by atoms with Crippen molar-refractivity contribution < 1.29 is 4.74 Å². The minimum atomic E-state index is 0.322. The Morgan fingerprint density at radius 1 is 0.909 bits per heavy atom. The van der Waals surface area contributed by atoms with Crippen molar-refractivity contribution in [2.24, 2.45) is 17.8 Å². The van der Waals surface area contributed by atoms with Crippen molar-refractivity contribution in [1.29, 1.82) is 0 Å². The molecule has 6 atom stereocenters. The quantitative estimate of drug-likeness (QED) is 0.558. The van der Waals surface area contributed by atoms with Crippen LogP contribution in [0.5, 0.6) is 0 Å². The van der Waals surface area contributed by atoms with Crippen LogP contribution in [0.4, 0.5) is 0 Å². The maximum absolute atomic E-state index is 5.75. The van der Waals surface area contributed by atoms with Crippen molar-refractivity contribution >= 4 is 11.8 Å². The molecule has 0 aromatic rings. The summed E-state index contributed by atoms with van der Waals surface area (Å²) < 4.78 is 5.75. The highest BCUT2D eigenvalue weighted by Crippen LogP contribution is 2.36. The van der Waals surface area contributed by atoms with Crippen LogP contribution < -0.4 is 0 Å². The topological polar surface area (TPSA) is 9.23 Å². The Bertz CT molecular complexity index is 315. The Morgan fingerprint density at radius 2 is 1.59 bits per heavy atom. The Hall–Kier alpha value is 0.0500. The lowest BCUT2D eigenvalue weighted by atomic mass is 9.85. The van der Waals surface area contributed by atoms with Crippen LogP contribution in [0.1, 0.15) is 73.6 Å². The molecule has 22 heavy (non-hydrogen) atoms. The van der Waals surface area contributed by atoms with E-state index in [1.54, 1.807) is 0 Å². The third kappa shape index (κ3) is 6.28. The minimum absolute atomic E-state index is 0.322. The van der Waals surface area contributed by atoms with Crippen LogP contribution in [0.3, 0.4) is 0 Å². The van der Waals surface area contributed by atoms with E-state index < -0.39 is 0 Å². The second kappa shape index (κ2) is 10.8. The lowest BCUT2D eigenvalue weighted by Gasteiger charge is -2.33. The van der Waals surface area contributed by atoms with E-state index in [1.807, 2.05) is 0 Å². The molecule has 0 aromatic carbocycles. The zero-order valence-electron chi connectivity index (χ0n) is 15.7. The van der Waals surface area contributed by atoms with Gasteiger partial charge in [0.05, 0.1) is 12.2 Å². The summed E-state index contributed by atoms with van der Waals surface area (Å²) in [5.74, 6) is 4.10. The summed E-state index contributed by atoms with van der Waals surface area (Å²) in [6.45, 7) is 13.6. The Kier molecular flexibility index (Phi) is 9.82. The molecule has 1 fully saturated rings. The number of ether oxygens (including phenoxy) is 1. The van der Waals surface area contributed by atoms with Gasteiger partial charge in [0.1, 0.15) is 0 Å². The summed E-state index contributed by atoms with van der Waals surface area (Å²) >= 11 is 2.17. The summed E-state index contributed by atoms with van der Waals surface area (Å²) in [5, 5.41) is 0.919. The van der Waals surface area contributed by atoms with E-state index in [0.29, 0.717) is 18.1 Å². The van der Waals surface area contributed by atoms with Gasteiger partial charge in [-0.1, -0.05) is 59.6 Å². The molecular formula is C20H38OS. The van der Waals surface area contributed by atoms with Gasteiger partial charge in [0.2, 0.25) is 0 Å². The van der Waals surface area contributed by atoms with Crippen LogP contribution in [0, 0.1) is 17.8 Å². The molecule has 0 N–H and O–H groups in total. The lowest BCUT2D eigenvalue weighted by Crippen LogP contribution is -2.29. The van der Waals surface area contributed by atoms with E-state index >= 15 is 0 Å². The molecule has 2 aliphatic heterocycles. The zero-order valence-corrected chi connectivity index (χ0v) is 16.5. The standard InChI is InChI=1S/C10H18O.C10H20S/c1-4-9-7-6-8(3)11-10(9)5-2;1-4-9-6-8(3)11-7-10(9)5-2/h6-10H,4-5H2,1-3H3;8-10H,4-7H2,1-3H3/t8?,9-,10-;8?,9-,10+/m00/s1. The van der Waals surface area contributed by atoms with Crippen molar-refractivity contribution in [2.75, 3.05) is 5.75 Å². The Morgan fingerprint density at radius 3 is 2.14 bits per heavy atom. The van der Waals surface area contributed by atoms with E-state index in [0.717, 1.165) is 23.5 Å². The zero-order chi connectivity index (χ0) is 16.5. The average molecular weight is 327 g/mol. The van der Waals surface area contributed by atoms with Crippen molar-refractivity contribution in [3.63, 3.8) is 0 Å². The van der Waals surface area contributed by atoms with Crippen LogP contribution in [-0.4, -0.2) is 23.2 Å². The molecule has 0 spiro atoms. The molecule has 0 aliphatic carbocycles. The Balaban J connectivity index is 0.000000220. The van der Waals surface area contributed by atoms with Gasteiger partial charge in [-0.05, 0) is 43.8 Å². The van der Waals surface area contributed by atoms with E-state index in [-0.39, 0.29) is 0 Å². The first-order valence-corrected chi connectivity index (χ1v) is 10.6. The van der Waals surface area contributed by atoms with Gasteiger partial charge < -0.3 is 4.74 Å². The maximum atomic E-state index is 5.75. The fourth-order valence-electron chi connectivity index (χ4n) is 3.71. The molecule has 1 nitrogen and oxygen atoms in total. The molecule has 0 radical (unpaired) electrons. The predicted molar refractivity (Wildman–Crippen MR) is 102 cm³/mol. The third-order valence-electron chi connectivity index (χ3n) is 5.31. The molecule has 130 valence electrons. The first-order chi connectivity index (χ1) is 10.5. The Labute approximate surface area is 143 Å². The predicted octanol–water partition coefficient (Wildman–Crippen LogP) is 6.33. The lowest BCUT2D eigenvalue weighted by molar-refractivity contribution is -0.0158. The van der Waals surface area contributed by atoms with Gasteiger partial charge in [-0.15, -0.1) is 0 Å². The van der Waals surface area contributed by atoms with E-state index in [1.165, 1.54) is 31.4 Å². The van der Waals surface area contributed by atoms with Crippen molar-refractivity contribution in [1.82, 2.24) is 0 Å². The summed E-state index contributed by atoms with van der Waals surface area (Å²) in [4.78, 5) is 0. The fourth-order valence-corrected chi connectivity index (χ4v) is 5.17. The molecule has 0 aromatic heterocycles. The summed E-state index contributed by atoms with van der Waals surface area (Å²) in [7, 11) is 0. The first kappa shape index (κ1) is 20.1. The van der Waals surface area contributed by atoms with Crippen molar-refractivity contribution in [3.05, 3.63) is 12.2 Å². The highest BCUT2D eigenvalue weighted by Gasteiger charge is 2.26. The van der Waals surface area contributed by atoms with Crippen molar-refractivity contribution in [2.45, 2.75) is 91.1 Å². The monoisotopic (exact) mass is 326 g/mol. The van der Waals surface area contributed by atoms with Crippen LogP contribution in [0.25, 0.3) is 0 Å². The highest BCUT2D eigenvalue weighted by molar-refractivity contribution is 7.99. The molecule has 2 unspecified atom stereocenters. The smallest absolute Gasteiger partial charge is 0.0731 e. The summed E-state index contributed by atoms with van der Waals surface area (Å²) in [5.41, 5.74) is 0. The number of hydrogen-bond acceptors (Lipinski definition) is 2. The van der Waals surface area contributed by atoms with E-state index in [9.17, 15) is 0 Å². The molecule has 2 heteroatoms. The number of hydrogen-bond donors (Lipinski definition) is 0. The summed E-state index contributed by atoms with van der Waals surface area (Å²) in [6.07, 6.45) is 11.8. The van der Waals surface area contributed by atoms with Crippen LogP contribution >= 0.6 is 11.8 Å². The van der Waals surface area contributed by atoms with Gasteiger partial charge in [0.15, 0.2) is 0 Å². The van der Waals surface area contributed by atoms with Gasteiger partial charge in [-0.25, -0.2) is 0 Å². The van der Waals surface area contributed by atoms with Crippen LogP contribution in [0.2, 0.25) is 0 Å². The molecule has 0 saturated carbocycles. The molecule has 0 amide bonds. The normalized spacial score (nSPS) is 38.3. The van der Waals surface area contributed by atoms with Gasteiger partial charge in [-0.2, -0.15) is 11.8 Å². The number of thioether (sulfide) groups is 1. The van der Waals surface area contributed by atoms with Gasteiger partial charge in [0, 0.05) is 11.2 Å². The van der Waals surface area contributed by atoms with E-state index in [2.05, 4.69) is 65.5 Å². The van der Waals surface area contributed by atoms with Crippen LogP contribution in [-0.2, 0) is 4.74 Å². The molecular weight excluding hydrogens is 288 g/mol. The average Bonchev–Trinajstić information content (AvgIpc) is 2.55. The molecule has 2 aliphatic rings.